The van der Waals surface area contributed by atoms with Gasteiger partial charge in [-0.15, -0.1) is 0 Å². The molecule has 0 spiro atoms. The molecule has 0 aromatic heterocycles. The Morgan fingerprint density at radius 2 is 1.95 bits per heavy atom. The van der Waals surface area contributed by atoms with E-state index in [0.717, 1.165) is 38.9 Å². The molecule has 1 aliphatic carbocycles. The first-order chi connectivity index (χ1) is 10.0. The average molecular weight is 317 g/mol. The third-order valence-corrected chi connectivity index (χ3v) is 6.79. The van der Waals surface area contributed by atoms with Gasteiger partial charge >= 0.3 is 0 Å². The molecule has 124 valence electrons. The van der Waals surface area contributed by atoms with Crippen molar-refractivity contribution in [1.29, 1.82) is 0 Å². The lowest BCUT2D eigenvalue weighted by Gasteiger charge is -2.44. The van der Waals surface area contributed by atoms with Crippen molar-refractivity contribution in [2.75, 3.05) is 25.9 Å². The number of hydrogen-bond acceptors (Lipinski definition) is 4. The predicted molar refractivity (Wildman–Crippen MR) is 88.4 cm³/mol. The second kappa shape index (κ2) is 7.93. The Balaban J connectivity index is 1.96. The van der Waals surface area contributed by atoms with Crippen molar-refractivity contribution >= 4 is 9.84 Å². The molecule has 21 heavy (non-hydrogen) atoms. The Labute approximate surface area is 130 Å². The summed E-state index contributed by atoms with van der Waals surface area (Å²) in [6.07, 6.45) is 10.4. The molecule has 2 rings (SSSR count). The van der Waals surface area contributed by atoms with Crippen LogP contribution in [0.25, 0.3) is 0 Å². The molecule has 4 nitrogen and oxygen atoms in total. The van der Waals surface area contributed by atoms with Gasteiger partial charge < -0.3 is 5.32 Å². The summed E-state index contributed by atoms with van der Waals surface area (Å²) in [6, 6.07) is 1.08. The lowest BCUT2D eigenvalue weighted by Crippen LogP contribution is -2.52. The fraction of sp³-hybridized carbons (Fsp3) is 1.00. The van der Waals surface area contributed by atoms with Crippen molar-refractivity contribution in [2.24, 2.45) is 0 Å². The number of hydrogen-bond donors (Lipinski definition) is 1. The van der Waals surface area contributed by atoms with Crippen molar-refractivity contribution in [3.63, 3.8) is 0 Å². The molecule has 1 saturated carbocycles. The van der Waals surface area contributed by atoms with Gasteiger partial charge in [-0.1, -0.05) is 19.8 Å². The molecule has 3 atom stereocenters. The molecule has 0 aromatic carbocycles. The normalized spacial score (nSPS) is 32.2. The van der Waals surface area contributed by atoms with Crippen molar-refractivity contribution in [3.8, 4) is 0 Å². The highest BCUT2D eigenvalue weighted by Gasteiger charge is 2.35. The van der Waals surface area contributed by atoms with Crippen LogP contribution >= 0.6 is 0 Å². The maximum atomic E-state index is 11.9. The zero-order chi connectivity index (χ0) is 15.3. The highest BCUT2D eigenvalue weighted by molar-refractivity contribution is 7.91. The van der Waals surface area contributed by atoms with Crippen LogP contribution in [0.15, 0.2) is 0 Å². The third kappa shape index (κ3) is 4.93. The molecule has 1 heterocycles. The van der Waals surface area contributed by atoms with Gasteiger partial charge in [0.2, 0.25) is 0 Å². The Hall–Kier alpha value is -0.130. The maximum Gasteiger partial charge on any atom is 0.150 e. The van der Waals surface area contributed by atoms with Gasteiger partial charge in [-0.25, -0.2) is 8.42 Å². The molecule has 1 aliphatic heterocycles. The summed E-state index contributed by atoms with van der Waals surface area (Å²) in [6.45, 7) is 5.50. The quantitative estimate of drug-likeness (QED) is 0.763. The summed E-state index contributed by atoms with van der Waals surface area (Å²) in [4.78, 5) is 2.63. The zero-order valence-corrected chi connectivity index (χ0v) is 14.5. The van der Waals surface area contributed by atoms with Crippen molar-refractivity contribution in [3.05, 3.63) is 0 Å². The molecule has 0 bridgehead atoms. The zero-order valence-electron chi connectivity index (χ0n) is 13.7. The molecule has 2 aliphatic rings. The monoisotopic (exact) mass is 316 g/mol. The van der Waals surface area contributed by atoms with Gasteiger partial charge in [-0.3, -0.25) is 4.90 Å². The number of nitrogens with one attached hydrogen (secondary N) is 1. The number of rotatable bonds is 6. The van der Waals surface area contributed by atoms with Gasteiger partial charge in [-0.2, -0.15) is 0 Å². The lowest BCUT2D eigenvalue weighted by molar-refractivity contribution is 0.0730. The van der Waals surface area contributed by atoms with Crippen molar-refractivity contribution < 1.29 is 8.42 Å². The number of sulfone groups is 1. The van der Waals surface area contributed by atoms with E-state index in [1.165, 1.54) is 38.4 Å². The van der Waals surface area contributed by atoms with Crippen LogP contribution in [0.2, 0.25) is 0 Å². The summed E-state index contributed by atoms with van der Waals surface area (Å²) in [5, 5.41) is 3.45. The van der Waals surface area contributed by atoms with E-state index in [4.69, 9.17) is 0 Å². The minimum absolute atomic E-state index is 0.109. The Morgan fingerprint density at radius 1 is 1.14 bits per heavy atom. The third-order valence-electron chi connectivity index (χ3n) is 5.15. The van der Waals surface area contributed by atoms with E-state index < -0.39 is 9.84 Å². The molecule has 5 heteroatoms. The predicted octanol–water partition coefficient (Wildman–Crippen LogP) is 2.20. The summed E-state index contributed by atoms with van der Waals surface area (Å²) < 4.78 is 23.8. The highest BCUT2D eigenvalue weighted by Crippen LogP contribution is 2.31. The molecule has 0 aromatic rings. The summed E-state index contributed by atoms with van der Waals surface area (Å²) >= 11 is 0. The molecule has 2 fully saturated rings. The van der Waals surface area contributed by atoms with E-state index in [1.54, 1.807) is 0 Å². The molecule has 0 radical (unpaired) electrons. The second-order valence-corrected chi connectivity index (χ2v) is 9.19. The smallest absolute Gasteiger partial charge is 0.150 e. The van der Waals surface area contributed by atoms with E-state index in [2.05, 4.69) is 17.1 Å². The average Bonchev–Trinajstić information content (AvgIpc) is 2.47. The fourth-order valence-corrected chi connectivity index (χ4v) is 5.15. The Bertz CT molecular complexity index is 411. The SMILES string of the molecule is CCCNCC1CCCCN1C1CCCC(S(C)(=O)=O)C1. The molecule has 1 N–H and O–H groups in total. The van der Waals surface area contributed by atoms with Crippen LogP contribution in [0.5, 0.6) is 0 Å². The molecule has 3 unspecified atom stereocenters. The number of likely N-dealkylation sites (tertiary alicyclic amines) is 1. The standard InChI is InChI=1S/C16H32N2O2S/c1-3-10-17-13-15-7-4-5-11-18(15)14-8-6-9-16(12-14)21(2,19)20/h14-17H,3-13H2,1-2H3. The molecular formula is C16H32N2O2S. The van der Waals surface area contributed by atoms with Crippen LogP contribution in [0, 0.1) is 0 Å². The highest BCUT2D eigenvalue weighted by atomic mass is 32.2. The van der Waals surface area contributed by atoms with E-state index in [1.807, 2.05) is 0 Å². The van der Waals surface area contributed by atoms with Gasteiger partial charge in [0.25, 0.3) is 0 Å². The van der Waals surface area contributed by atoms with Crippen LogP contribution in [0.1, 0.15) is 58.3 Å². The van der Waals surface area contributed by atoms with E-state index in [0.29, 0.717) is 12.1 Å². The van der Waals surface area contributed by atoms with Gasteiger partial charge in [0.15, 0.2) is 0 Å². The lowest BCUT2D eigenvalue weighted by atomic mass is 9.90. The van der Waals surface area contributed by atoms with Gasteiger partial charge in [0.05, 0.1) is 5.25 Å². The van der Waals surface area contributed by atoms with Gasteiger partial charge in [0.1, 0.15) is 9.84 Å². The van der Waals surface area contributed by atoms with Crippen molar-refractivity contribution in [1.82, 2.24) is 10.2 Å². The summed E-state index contributed by atoms with van der Waals surface area (Å²) in [5.41, 5.74) is 0. The maximum absolute atomic E-state index is 11.9. The van der Waals surface area contributed by atoms with E-state index in [9.17, 15) is 8.42 Å². The molecule has 0 amide bonds. The van der Waals surface area contributed by atoms with Gasteiger partial charge in [0, 0.05) is 24.9 Å². The van der Waals surface area contributed by atoms with Crippen LogP contribution in [-0.2, 0) is 9.84 Å². The minimum Gasteiger partial charge on any atom is -0.315 e. The van der Waals surface area contributed by atoms with Crippen molar-refractivity contribution in [2.45, 2.75) is 75.6 Å². The molecular weight excluding hydrogens is 284 g/mol. The van der Waals surface area contributed by atoms with Crippen LogP contribution in [0.3, 0.4) is 0 Å². The largest absolute Gasteiger partial charge is 0.315 e. The van der Waals surface area contributed by atoms with E-state index in [-0.39, 0.29) is 5.25 Å². The topological polar surface area (TPSA) is 49.4 Å². The number of piperidine rings is 1. The Kier molecular flexibility index (Phi) is 6.51. The number of nitrogens with zero attached hydrogens (tertiary/aromatic N) is 1. The molecule has 1 saturated heterocycles. The van der Waals surface area contributed by atoms with Crippen LogP contribution in [0.4, 0.5) is 0 Å². The first kappa shape index (κ1) is 17.2. The van der Waals surface area contributed by atoms with Crippen LogP contribution < -0.4 is 5.32 Å². The summed E-state index contributed by atoms with van der Waals surface area (Å²) in [5.74, 6) is 0. The first-order valence-electron chi connectivity index (χ1n) is 8.67. The first-order valence-corrected chi connectivity index (χ1v) is 10.6. The Morgan fingerprint density at radius 3 is 2.67 bits per heavy atom. The second-order valence-electron chi connectivity index (χ2n) is 6.86. The van der Waals surface area contributed by atoms with Gasteiger partial charge in [-0.05, 0) is 51.6 Å². The van der Waals surface area contributed by atoms with E-state index >= 15 is 0 Å². The minimum atomic E-state index is -2.88. The fourth-order valence-electron chi connectivity index (χ4n) is 3.98. The summed E-state index contributed by atoms with van der Waals surface area (Å²) in [7, 11) is -2.88. The van der Waals surface area contributed by atoms with Crippen LogP contribution in [-0.4, -0.2) is 56.5 Å².